The maximum absolute atomic E-state index is 12.2. The molecule has 5 heteroatoms. The number of rotatable bonds is 5. The third-order valence-electron chi connectivity index (χ3n) is 4.09. The minimum absolute atomic E-state index is 0.164. The first kappa shape index (κ1) is 18.2. The van der Waals surface area contributed by atoms with E-state index in [1.165, 1.54) is 0 Å². The molecule has 0 unspecified atom stereocenters. The average Bonchev–Trinajstić information content (AvgIpc) is 2.73. The van der Waals surface area contributed by atoms with Crippen LogP contribution in [-0.2, 0) is 11.2 Å². The molecule has 0 saturated carbocycles. The lowest BCUT2D eigenvalue weighted by Gasteiger charge is -2.09. The summed E-state index contributed by atoms with van der Waals surface area (Å²) in [5, 5.41) is 0. The maximum atomic E-state index is 12.2. The van der Waals surface area contributed by atoms with E-state index in [9.17, 15) is 9.59 Å². The summed E-state index contributed by atoms with van der Waals surface area (Å²) in [6, 6.07) is 24.3. The number of benzene rings is 3. The second kappa shape index (κ2) is 8.67. The van der Waals surface area contributed by atoms with E-state index in [0.29, 0.717) is 5.56 Å². The number of hydrazine groups is 1. The summed E-state index contributed by atoms with van der Waals surface area (Å²) >= 11 is 0. The van der Waals surface area contributed by atoms with Crippen molar-refractivity contribution in [3.63, 3.8) is 0 Å². The quantitative estimate of drug-likeness (QED) is 0.686. The van der Waals surface area contributed by atoms with Crippen molar-refractivity contribution in [2.24, 2.45) is 0 Å². The zero-order chi connectivity index (χ0) is 19.1. The molecule has 0 aromatic heterocycles. The number of hydrogen-bond donors (Lipinski definition) is 2. The lowest BCUT2D eigenvalue weighted by Crippen LogP contribution is -2.42. The van der Waals surface area contributed by atoms with Gasteiger partial charge in [-0.05, 0) is 41.0 Å². The standard InChI is InChI=1S/C22H20N2O3/c1-27-20-13-7-16(8-14-20)15-21(25)23-24-22(26)19-11-9-18(10-12-19)17-5-3-2-4-6-17/h2-14H,15H2,1H3,(H,23,25)(H,24,26). The van der Waals surface area contributed by atoms with Gasteiger partial charge in [-0.25, -0.2) is 0 Å². The van der Waals surface area contributed by atoms with E-state index in [0.717, 1.165) is 22.4 Å². The van der Waals surface area contributed by atoms with E-state index >= 15 is 0 Å². The first-order valence-electron chi connectivity index (χ1n) is 8.53. The van der Waals surface area contributed by atoms with Crippen molar-refractivity contribution in [2.45, 2.75) is 6.42 Å². The molecule has 0 aliphatic heterocycles. The molecule has 0 heterocycles. The predicted molar refractivity (Wildman–Crippen MR) is 104 cm³/mol. The molecule has 5 nitrogen and oxygen atoms in total. The molecule has 27 heavy (non-hydrogen) atoms. The molecule has 3 rings (SSSR count). The summed E-state index contributed by atoms with van der Waals surface area (Å²) < 4.78 is 5.08. The number of nitrogens with one attached hydrogen (secondary N) is 2. The van der Waals surface area contributed by atoms with Crippen LogP contribution in [0.1, 0.15) is 15.9 Å². The highest BCUT2D eigenvalue weighted by Crippen LogP contribution is 2.19. The van der Waals surface area contributed by atoms with Crippen molar-refractivity contribution in [2.75, 3.05) is 7.11 Å². The van der Waals surface area contributed by atoms with Gasteiger partial charge in [0.05, 0.1) is 13.5 Å². The second-order valence-corrected chi connectivity index (χ2v) is 5.97. The molecule has 0 atom stereocenters. The molecule has 0 bridgehead atoms. The van der Waals surface area contributed by atoms with Crippen molar-refractivity contribution in [3.8, 4) is 16.9 Å². The maximum Gasteiger partial charge on any atom is 0.269 e. The Morgan fingerprint density at radius 3 is 2.04 bits per heavy atom. The summed E-state index contributed by atoms with van der Waals surface area (Å²) in [5.41, 5.74) is 8.28. The van der Waals surface area contributed by atoms with Crippen molar-refractivity contribution >= 4 is 11.8 Å². The fourth-order valence-electron chi connectivity index (χ4n) is 2.62. The summed E-state index contributed by atoms with van der Waals surface area (Å²) in [5.74, 6) is 0.0681. The van der Waals surface area contributed by atoms with Gasteiger partial charge in [0, 0.05) is 5.56 Å². The van der Waals surface area contributed by atoms with E-state index in [1.54, 1.807) is 31.4 Å². The summed E-state index contributed by atoms with van der Waals surface area (Å²) in [6.45, 7) is 0. The van der Waals surface area contributed by atoms with Gasteiger partial charge in [0.2, 0.25) is 5.91 Å². The Morgan fingerprint density at radius 2 is 1.41 bits per heavy atom. The Kier molecular flexibility index (Phi) is 5.84. The van der Waals surface area contributed by atoms with Crippen LogP contribution in [0.25, 0.3) is 11.1 Å². The van der Waals surface area contributed by atoms with Crippen LogP contribution in [0.4, 0.5) is 0 Å². The zero-order valence-corrected chi connectivity index (χ0v) is 14.9. The molecule has 3 aromatic carbocycles. The summed E-state index contributed by atoms with van der Waals surface area (Å²) in [4.78, 5) is 24.2. The highest BCUT2D eigenvalue weighted by atomic mass is 16.5. The number of hydrogen-bond acceptors (Lipinski definition) is 3. The highest BCUT2D eigenvalue weighted by molar-refractivity contribution is 5.96. The number of carbonyl (C=O) groups excluding carboxylic acids is 2. The molecule has 0 fully saturated rings. The Morgan fingerprint density at radius 1 is 0.778 bits per heavy atom. The van der Waals surface area contributed by atoms with Crippen LogP contribution in [0.15, 0.2) is 78.9 Å². The molecule has 2 N–H and O–H groups in total. The van der Waals surface area contributed by atoms with E-state index in [-0.39, 0.29) is 18.2 Å². The largest absolute Gasteiger partial charge is 0.497 e. The number of ether oxygens (including phenoxy) is 1. The molecule has 3 aromatic rings. The first-order valence-corrected chi connectivity index (χ1v) is 8.53. The minimum Gasteiger partial charge on any atom is -0.497 e. The van der Waals surface area contributed by atoms with Gasteiger partial charge in [-0.2, -0.15) is 0 Å². The van der Waals surface area contributed by atoms with Gasteiger partial charge in [-0.3, -0.25) is 20.4 Å². The van der Waals surface area contributed by atoms with Gasteiger partial charge in [0.15, 0.2) is 0 Å². The van der Waals surface area contributed by atoms with Crippen LogP contribution in [0, 0.1) is 0 Å². The van der Waals surface area contributed by atoms with Gasteiger partial charge in [0.1, 0.15) is 5.75 Å². The fourth-order valence-corrected chi connectivity index (χ4v) is 2.62. The molecule has 0 saturated heterocycles. The SMILES string of the molecule is COc1ccc(CC(=O)NNC(=O)c2ccc(-c3ccccc3)cc2)cc1. The number of amides is 2. The molecule has 2 amide bonds. The van der Waals surface area contributed by atoms with Crippen LogP contribution in [0.2, 0.25) is 0 Å². The van der Waals surface area contributed by atoms with Crippen LogP contribution in [-0.4, -0.2) is 18.9 Å². The third kappa shape index (κ3) is 4.95. The van der Waals surface area contributed by atoms with Gasteiger partial charge >= 0.3 is 0 Å². The van der Waals surface area contributed by atoms with E-state index in [1.807, 2.05) is 54.6 Å². The molecular formula is C22H20N2O3. The molecule has 136 valence electrons. The third-order valence-corrected chi connectivity index (χ3v) is 4.09. The number of methoxy groups -OCH3 is 1. The Bertz CT molecular complexity index is 905. The second-order valence-electron chi connectivity index (χ2n) is 5.97. The van der Waals surface area contributed by atoms with Crippen LogP contribution < -0.4 is 15.6 Å². The van der Waals surface area contributed by atoms with Crippen molar-refractivity contribution in [1.29, 1.82) is 0 Å². The highest BCUT2D eigenvalue weighted by Gasteiger charge is 2.08. The van der Waals surface area contributed by atoms with Crippen LogP contribution in [0.3, 0.4) is 0 Å². The molecule has 0 aliphatic rings. The Labute approximate surface area is 158 Å². The van der Waals surface area contributed by atoms with Gasteiger partial charge in [-0.15, -0.1) is 0 Å². The smallest absolute Gasteiger partial charge is 0.269 e. The van der Waals surface area contributed by atoms with Crippen LogP contribution >= 0.6 is 0 Å². The van der Waals surface area contributed by atoms with Crippen molar-refractivity contribution < 1.29 is 14.3 Å². The topological polar surface area (TPSA) is 67.4 Å². The van der Waals surface area contributed by atoms with Gasteiger partial charge in [0.25, 0.3) is 5.91 Å². The normalized spacial score (nSPS) is 10.1. The molecular weight excluding hydrogens is 340 g/mol. The van der Waals surface area contributed by atoms with Crippen molar-refractivity contribution in [1.82, 2.24) is 10.9 Å². The van der Waals surface area contributed by atoms with E-state index in [4.69, 9.17) is 4.74 Å². The molecule has 0 aliphatic carbocycles. The fraction of sp³-hybridized carbons (Fsp3) is 0.0909. The zero-order valence-electron chi connectivity index (χ0n) is 14.9. The minimum atomic E-state index is -0.363. The van der Waals surface area contributed by atoms with Gasteiger partial charge in [-0.1, -0.05) is 54.6 Å². The average molecular weight is 360 g/mol. The lowest BCUT2D eigenvalue weighted by atomic mass is 10.0. The van der Waals surface area contributed by atoms with Gasteiger partial charge < -0.3 is 4.74 Å². The Hall–Kier alpha value is -3.60. The summed E-state index contributed by atoms with van der Waals surface area (Å²) in [6.07, 6.45) is 0.164. The van der Waals surface area contributed by atoms with Crippen molar-refractivity contribution in [3.05, 3.63) is 90.0 Å². The first-order chi connectivity index (χ1) is 13.2. The van der Waals surface area contributed by atoms with E-state index in [2.05, 4.69) is 10.9 Å². The number of carbonyl (C=O) groups is 2. The van der Waals surface area contributed by atoms with Crippen LogP contribution in [0.5, 0.6) is 5.75 Å². The monoisotopic (exact) mass is 360 g/mol. The Balaban J connectivity index is 1.53. The molecule has 0 radical (unpaired) electrons. The lowest BCUT2D eigenvalue weighted by molar-refractivity contribution is -0.121. The predicted octanol–water partition coefficient (Wildman–Crippen LogP) is 3.37. The van der Waals surface area contributed by atoms with E-state index < -0.39 is 0 Å². The molecule has 0 spiro atoms. The summed E-state index contributed by atoms with van der Waals surface area (Å²) in [7, 11) is 1.59.